The van der Waals surface area contributed by atoms with Crippen LogP contribution in [0.3, 0.4) is 0 Å². The summed E-state index contributed by atoms with van der Waals surface area (Å²) in [5.41, 5.74) is -0.786. The molecule has 0 spiro atoms. The number of hydrogen-bond acceptors (Lipinski definition) is 4. The molecule has 2 rings (SSSR count). The molecule has 0 atom stereocenters. The summed E-state index contributed by atoms with van der Waals surface area (Å²) in [4.78, 5) is 26.6. The SMILES string of the molecule is Cn1cc(C(=O)NCCOc2ccc(C(F)(F)F)cn2)ccc1=O. The van der Waals surface area contributed by atoms with Gasteiger partial charge >= 0.3 is 6.18 Å². The zero-order chi connectivity index (χ0) is 17.7. The standard InChI is InChI=1S/C15H14F3N3O3/c1-21-9-10(2-5-13(21)22)14(23)19-6-7-24-12-4-3-11(8-20-12)15(16,17)18/h2-5,8-9H,6-7H2,1H3,(H,19,23). The van der Waals surface area contributed by atoms with Gasteiger partial charge in [-0.3, -0.25) is 9.59 Å². The predicted octanol–water partition coefficient (Wildman–Crippen LogP) is 1.61. The number of amides is 1. The van der Waals surface area contributed by atoms with E-state index in [2.05, 4.69) is 10.3 Å². The minimum absolute atomic E-state index is 0.0272. The van der Waals surface area contributed by atoms with Crippen LogP contribution < -0.4 is 15.6 Å². The quantitative estimate of drug-likeness (QED) is 0.839. The first-order chi connectivity index (χ1) is 11.3. The lowest BCUT2D eigenvalue weighted by Gasteiger charge is -2.09. The summed E-state index contributed by atoms with van der Waals surface area (Å²) in [7, 11) is 1.53. The number of rotatable bonds is 5. The molecule has 0 radical (unpaired) electrons. The van der Waals surface area contributed by atoms with Gasteiger partial charge in [0.25, 0.3) is 5.91 Å². The van der Waals surface area contributed by atoms with Crippen LogP contribution in [-0.2, 0) is 13.2 Å². The molecule has 6 nitrogen and oxygen atoms in total. The minimum atomic E-state index is -4.45. The second kappa shape index (κ2) is 7.16. The van der Waals surface area contributed by atoms with Crippen LogP contribution in [0.15, 0.2) is 41.5 Å². The van der Waals surface area contributed by atoms with E-state index < -0.39 is 17.6 Å². The number of pyridine rings is 2. The Balaban J connectivity index is 1.81. The molecule has 1 amide bonds. The third-order valence-corrected chi connectivity index (χ3v) is 3.05. The Morgan fingerprint density at radius 2 is 2.04 bits per heavy atom. The summed E-state index contributed by atoms with van der Waals surface area (Å²) >= 11 is 0. The van der Waals surface area contributed by atoms with Gasteiger partial charge in [0.05, 0.1) is 17.7 Å². The van der Waals surface area contributed by atoms with Crippen LogP contribution in [0.5, 0.6) is 5.88 Å². The van der Waals surface area contributed by atoms with Gasteiger partial charge in [-0.15, -0.1) is 0 Å². The Bertz CT molecular complexity index is 770. The van der Waals surface area contributed by atoms with Crippen LogP contribution in [0.2, 0.25) is 0 Å². The molecule has 128 valence electrons. The molecule has 0 aromatic carbocycles. The fourth-order valence-corrected chi connectivity index (χ4v) is 1.78. The van der Waals surface area contributed by atoms with Crippen molar-refractivity contribution in [2.75, 3.05) is 13.2 Å². The van der Waals surface area contributed by atoms with E-state index in [9.17, 15) is 22.8 Å². The normalized spacial score (nSPS) is 11.2. The fraction of sp³-hybridized carbons (Fsp3) is 0.267. The number of carbonyl (C=O) groups excluding carboxylic acids is 1. The van der Waals surface area contributed by atoms with Gasteiger partial charge < -0.3 is 14.6 Å². The maximum atomic E-state index is 12.4. The van der Waals surface area contributed by atoms with Crippen molar-refractivity contribution in [1.82, 2.24) is 14.9 Å². The average molecular weight is 341 g/mol. The van der Waals surface area contributed by atoms with E-state index in [0.717, 1.165) is 12.1 Å². The van der Waals surface area contributed by atoms with Crippen LogP contribution in [0.25, 0.3) is 0 Å². The Labute approximate surface area is 134 Å². The molecule has 2 aromatic heterocycles. The molecule has 0 unspecified atom stereocenters. The second-order valence-corrected chi connectivity index (χ2v) is 4.85. The molecule has 0 aliphatic rings. The van der Waals surface area contributed by atoms with E-state index in [0.29, 0.717) is 11.8 Å². The Kier molecular flexibility index (Phi) is 5.22. The van der Waals surface area contributed by atoms with Crippen molar-refractivity contribution in [3.05, 3.63) is 58.1 Å². The van der Waals surface area contributed by atoms with Crippen LogP contribution in [0.1, 0.15) is 15.9 Å². The van der Waals surface area contributed by atoms with E-state index in [1.807, 2.05) is 0 Å². The number of hydrogen-bond donors (Lipinski definition) is 1. The maximum absolute atomic E-state index is 12.4. The number of nitrogens with one attached hydrogen (secondary N) is 1. The summed E-state index contributed by atoms with van der Waals surface area (Å²) in [6.07, 6.45) is -2.37. The highest BCUT2D eigenvalue weighted by Gasteiger charge is 2.30. The highest BCUT2D eigenvalue weighted by molar-refractivity contribution is 5.93. The lowest BCUT2D eigenvalue weighted by atomic mass is 10.2. The maximum Gasteiger partial charge on any atom is 0.417 e. The first-order valence-corrected chi connectivity index (χ1v) is 6.88. The first kappa shape index (κ1) is 17.5. The van der Waals surface area contributed by atoms with Gasteiger partial charge in [-0.05, 0) is 12.1 Å². The number of ether oxygens (including phenoxy) is 1. The number of carbonyl (C=O) groups is 1. The van der Waals surface area contributed by atoms with E-state index in [-0.39, 0.29) is 24.6 Å². The second-order valence-electron chi connectivity index (χ2n) is 4.85. The van der Waals surface area contributed by atoms with Gasteiger partial charge in [-0.1, -0.05) is 0 Å². The fourth-order valence-electron chi connectivity index (χ4n) is 1.78. The van der Waals surface area contributed by atoms with Gasteiger partial charge in [-0.25, -0.2) is 4.98 Å². The number of aromatic nitrogens is 2. The zero-order valence-electron chi connectivity index (χ0n) is 12.6. The average Bonchev–Trinajstić information content (AvgIpc) is 2.53. The third kappa shape index (κ3) is 4.58. The van der Waals surface area contributed by atoms with Crippen LogP contribution in [0.4, 0.5) is 13.2 Å². The molecule has 0 aliphatic carbocycles. The van der Waals surface area contributed by atoms with Gasteiger partial charge in [0, 0.05) is 31.6 Å². The summed E-state index contributed by atoms with van der Waals surface area (Å²) in [5.74, 6) is -0.367. The van der Waals surface area contributed by atoms with Crippen LogP contribution >= 0.6 is 0 Å². The molecular formula is C15H14F3N3O3. The molecule has 0 fully saturated rings. The van der Waals surface area contributed by atoms with Crippen molar-refractivity contribution in [2.45, 2.75) is 6.18 Å². The number of aryl methyl sites for hydroxylation is 1. The van der Waals surface area contributed by atoms with Crippen LogP contribution in [0, 0.1) is 0 Å². The van der Waals surface area contributed by atoms with Crippen molar-refractivity contribution < 1.29 is 22.7 Å². The molecule has 24 heavy (non-hydrogen) atoms. The lowest BCUT2D eigenvalue weighted by Crippen LogP contribution is -2.29. The van der Waals surface area contributed by atoms with Crippen molar-refractivity contribution >= 4 is 5.91 Å². The van der Waals surface area contributed by atoms with E-state index >= 15 is 0 Å². The number of nitrogens with zero attached hydrogens (tertiary/aromatic N) is 2. The molecule has 0 saturated carbocycles. The highest BCUT2D eigenvalue weighted by Crippen LogP contribution is 2.29. The largest absolute Gasteiger partial charge is 0.476 e. The molecular weight excluding hydrogens is 327 g/mol. The summed E-state index contributed by atoms with van der Waals surface area (Å²) in [5, 5.41) is 2.56. The topological polar surface area (TPSA) is 73.2 Å². The molecule has 1 N–H and O–H groups in total. The van der Waals surface area contributed by atoms with Crippen molar-refractivity contribution in [3.8, 4) is 5.88 Å². The number of halogens is 3. The summed E-state index contributed by atoms with van der Waals surface area (Å²) in [6.45, 7) is 0.167. The molecule has 2 aromatic rings. The first-order valence-electron chi connectivity index (χ1n) is 6.88. The van der Waals surface area contributed by atoms with E-state index in [1.165, 1.54) is 29.9 Å². The molecule has 0 bridgehead atoms. The Morgan fingerprint density at radius 1 is 1.29 bits per heavy atom. The molecule has 0 aliphatic heterocycles. The molecule has 2 heterocycles. The van der Waals surface area contributed by atoms with Crippen molar-refractivity contribution in [2.24, 2.45) is 7.05 Å². The summed E-state index contributed by atoms with van der Waals surface area (Å²) < 4.78 is 43.6. The number of alkyl halides is 3. The molecule has 9 heteroatoms. The zero-order valence-corrected chi connectivity index (χ0v) is 12.6. The van der Waals surface area contributed by atoms with Gasteiger partial charge in [0.15, 0.2) is 0 Å². The highest BCUT2D eigenvalue weighted by atomic mass is 19.4. The molecule has 0 saturated heterocycles. The van der Waals surface area contributed by atoms with E-state index in [4.69, 9.17) is 4.74 Å². The lowest BCUT2D eigenvalue weighted by molar-refractivity contribution is -0.137. The monoisotopic (exact) mass is 341 g/mol. The van der Waals surface area contributed by atoms with Gasteiger partial charge in [0.2, 0.25) is 11.4 Å². The van der Waals surface area contributed by atoms with Crippen LogP contribution in [-0.4, -0.2) is 28.6 Å². The van der Waals surface area contributed by atoms with Gasteiger partial charge in [-0.2, -0.15) is 13.2 Å². The Hall–Kier alpha value is -2.84. The third-order valence-electron chi connectivity index (χ3n) is 3.05. The van der Waals surface area contributed by atoms with Crippen molar-refractivity contribution in [1.29, 1.82) is 0 Å². The summed E-state index contributed by atoms with van der Waals surface area (Å²) in [6, 6.07) is 4.65. The van der Waals surface area contributed by atoms with E-state index in [1.54, 1.807) is 0 Å². The van der Waals surface area contributed by atoms with Gasteiger partial charge in [0.1, 0.15) is 6.61 Å². The smallest absolute Gasteiger partial charge is 0.417 e. The minimum Gasteiger partial charge on any atom is -0.476 e. The predicted molar refractivity (Wildman–Crippen MR) is 78.8 cm³/mol. The Morgan fingerprint density at radius 3 is 2.62 bits per heavy atom. The van der Waals surface area contributed by atoms with Crippen molar-refractivity contribution in [3.63, 3.8) is 0 Å².